The molecule has 1 aromatic carbocycles. The van der Waals surface area contributed by atoms with E-state index in [9.17, 15) is 4.79 Å². The Kier molecular flexibility index (Phi) is 4.67. The van der Waals surface area contributed by atoms with Crippen molar-refractivity contribution in [3.8, 4) is 5.75 Å². The van der Waals surface area contributed by atoms with E-state index in [1.165, 1.54) is 0 Å². The Morgan fingerprint density at radius 3 is 2.95 bits per heavy atom. The predicted molar refractivity (Wildman–Crippen MR) is 89.0 cm³/mol. The molecule has 2 atom stereocenters. The number of likely N-dealkylation sites (N-methyl/N-ethyl adjacent to an activating group) is 1. The van der Waals surface area contributed by atoms with E-state index in [4.69, 9.17) is 4.74 Å². The minimum Gasteiger partial charge on any atom is -0.486 e. The number of hydrogen-bond donors (Lipinski definition) is 1. The molecule has 2 heterocycles. The highest BCUT2D eigenvalue weighted by Crippen LogP contribution is 2.35. The number of piperidine rings is 1. The number of ether oxygens (including phenoxy) is 1. The topological polar surface area (TPSA) is 41.6 Å². The van der Waals surface area contributed by atoms with Gasteiger partial charge in [0.2, 0.25) is 0 Å². The number of carbonyl (C=O) groups is 1. The van der Waals surface area contributed by atoms with Crippen LogP contribution in [-0.2, 0) is 0 Å². The highest BCUT2D eigenvalue weighted by atomic mass is 16.5. The van der Waals surface area contributed by atoms with Crippen molar-refractivity contribution in [1.29, 1.82) is 0 Å². The summed E-state index contributed by atoms with van der Waals surface area (Å²) in [6.45, 7) is 7.99. The molecule has 0 saturated carbocycles. The molecule has 2 aliphatic rings. The van der Waals surface area contributed by atoms with Gasteiger partial charge < -0.3 is 15.0 Å². The second-order valence-corrected chi connectivity index (χ2v) is 6.28. The van der Waals surface area contributed by atoms with Gasteiger partial charge in [-0.3, -0.25) is 4.79 Å². The average molecular weight is 302 g/mol. The molecule has 1 fully saturated rings. The minimum absolute atomic E-state index is 0.120. The molecule has 22 heavy (non-hydrogen) atoms. The van der Waals surface area contributed by atoms with Crippen LogP contribution < -0.4 is 15.0 Å². The molecule has 1 aromatic rings. The maximum Gasteiger partial charge on any atom is 0.167 e. The van der Waals surface area contributed by atoms with Crippen LogP contribution in [0.15, 0.2) is 18.2 Å². The number of hydrogen-bond acceptors (Lipinski definition) is 4. The summed E-state index contributed by atoms with van der Waals surface area (Å²) < 4.78 is 6.03. The van der Waals surface area contributed by atoms with Gasteiger partial charge in [-0.05, 0) is 50.9 Å². The van der Waals surface area contributed by atoms with Crippen LogP contribution in [0.3, 0.4) is 0 Å². The second kappa shape index (κ2) is 6.69. The summed E-state index contributed by atoms with van der Waals surface area (Å²) in [6.07, 6.45) is 3.33. The van der Waals surface area contributed by atoms with Gasteiger partial charge in [0.25, 0.3) is 0 Å². The van der Waals surface area contributed by atoms with E-state index in [2.05, 4.69) is 24.1 Å². The fourth-order valence-corrected chi connectivity index (χ4v) is 3.40. The Bertz CT molecular complexity index is 538. The summed E-state index contributed by atoms with van der Waals surface area (Å²) in [4.78, 5) is 15.0. The van der Waals surface area contributed by atoms with Crippen LogP contribution in [0.25, 0.3) is 0 Å². The summed E-state index contributed by atoms with van der Waals surface area (Å²) >= 11 is 0. The number of carbonyl (C=O) groups excluding carboxylic acids is 1. The normalized spacial score (nSPS) is 24.5. The van der Waals surface area contributed by atoms with E-state index < -0.39 is 0 Å². The number of nitrogens with one attached hydrogen (secondary N) is 1. The molecule has 120 valence electrons. The monoisotopic (exact) mass is 302 g/mol. The minimum atomic E-state index is 0.120. The van der Waals surface area contributed by atoms with Crippen molar-refractivity contribution < 1.29 is 9.53 Å². The lowest BCUT2D eigenvalue weighted by Crippen LogP contribution is -2.39. The number of nitrogens with zero attached hydrogens (tertiary/aromatic N) is 1. The first kappa shape index (κ1) is 15.3. The van der Waals surface area contributed by atoms with E-state index in [1.807, 2.05) is 18.2 Å². The number of fused-ring (bicyclic) bond motifs is 1. The van der Waals surface area contributed by atoms with Crippen molar-refractivity contribution in [3.63, 3.8) is 0 Å². The van der Waals surface area contributed by atoms with Gasteiger partial charge in [-0.1, -0.05) is 6.92 Å². The van der Waals surface area contributed by atoms with Crippen LogP contribution in [0.1, 0.15) is 43.5 Å². The van der Waals surface area contributed by atoms with Crippen molar-refractivity contribution in [1.82, 2.24) is 5.32 Å². The molecular weight excluding hydrogens is 276 g/mol. The van der Waals surface area contributed by atoms with Gasteiger partial charge in [0.1, 0.15) is 11.9 Å². The van der Waals surface area contributed by atoms with E-state index in [0.717, 1.165) is 62.4 Å². The molecule has 0 radical (unpaired) electrons. The maximum absolute atomic E-state index is 12.7. The Balaban J connectivity index is 1.84. The van der Waals surface area contributed by atoms with Gasteiger partial charge in [-0.25, -0.2) is 0 Å². The lowest BCUT2D eigenvalue weighted by atomic mass is 9.90. The van der Waals surface area contributed by atoms with Gasteiger partial charge in [0.15, 0.2) is 5.78 Å². The number of anilines is 1. The first-order valence-electron chi connectivity index (χ1n) is 8.53. The van der Waals surface area contributed by atoms with E-state index in [-0.39, 0.29) is 17.8 Å². The molecule has 0 aliphatic carbocycles. The highest BCUT2D eigenvalue weighted by molar-refractivity contribution is 5.99. The highest BCUT2D eigenvalue weighted by Gasteiger charge is 2.27. The van der Waals surface area contributed by atoms with Gasteiger partial charge in [-0.2, -0.15) is 0 Å². The molecule has 0 aromatic heterocycles. The third kappa shape index (κ3) is 2.98. The van der Waals surface area contributed by atoms with Crippen molar-refractivity contribution in [3.05, 3.63) is 23.8 Å². The van der Waals surface area contributed by atoms with Crippen molar-refractivity contribution in [2.45, 2.75) is 39.2 Å². The lowest BCUT2D eigenvalue weighted by molar-refractivity contribution is 0.0899. The zero-order chi connectivity index (χ0) is 15.5. The number of rotatable bonds is 4. The number of benzene rings is 1. The SMILES string of the molecule is CCC1CN(CC)c2cc(C(=O)C3CCCNC3)ccc2O1. The molecule has 0 bridgehead atoms. The van der Waals surface area contributed by atoms with Crippen molar-refractivity contribution in [2.75, 3.05) is 31.1 Å². The molecule has 4 nitrogen and oxygen atoms in total. The Morgan fingerprint density at radius 2 is 2.27 bits per heavy atom. The predicted octanol–water partition coefficient (Wildman–Crippen LogP) is 2.87. The summed E-state index contributed by atoms with van der Waals surface area (Å²) in [7, 11) is 0. The Hall–Kier alpha value is -1.55. The smallest absolute Gasteiger partial charge is 0.167 e. The van der Waals surface area contributed by atoms with Crippen LogP contribution in [0.5, 0.6) is 5.75 Å². The fraction of sp³-hybridized carbons (Fsp3) is 0.611. The third-order valence-corrected chi connectivity index (χ3v) is 4.81. The van der Waals surface area contributed by atoms with Crippen LogP contribution in [-0.4, -0.2) is 38.1 Å². The average Bonchev–Trinajstić information content (AvgIpc) is 2.60. The van der Waals surface area contributed by atoms with Crippen LogP contribution >= 0.6 is 0 Å². The number of ketones is 1. The number of Topliss-reactive ketones (excluding diaryl/α,β-unsaturated/α-hetero) is 1. The third-order valence-electron chi connectivity index (χ3n) is 4.81. The van der Waals surface area contributed by atoms with E-state index >= 15 is 0 Å². The molecule has 4 heteroatoms. The summed E-state index contributed by atoms with van der Waals surface area (Å²) in [5.74, 6) is 1.30. The summed E-state index contributed by atoms with van der Waals surface area (Å²) in [5.41, 5.74) is 1.89. The van der Waals surface area contributed by atoms with Gasteiger partial charge in [0, 0.05) is 24.6 Å². The molecule has 1 N–H and O–H groups in total. The molecule has 1 saturated heterocycles. The second-order valence-electron chi connectivity index (χ2n) is 6.28. The zero-order valence-corrected chi connectivity index (χ0v) is 13.6. The van der Waals surface area contributed by atoms with Crippen LogP contribution in [0.4, 0.5) is 5.69 Å². The molecule has 2 unspecified atom stereocenters. The molecule has 2 aliphatic heterocycles. The van der Waals surface area contributed by atoms with Crippen molar-refractivity contribution >= 4 is 11.5 Å². The first-order valence-corrected chi connectivity index (χ1v) is 8.53. The maximum atomic E-state index is 12.7. The van der Waals surface area contributed by atoms with Crippen LogP contribution in [0, 0.1) is 5.92 Å². The largest absolute Gasteiger partial charge is 0.486 e. The first-order chi connectivity index (χ1) is 10.7. The van der Waals surface area contributed by atoms with Gasteiger partial charge >= 0.3 is 0 Å². The summed E-state index contributed by atoms with van der Waals surface area (Å²) in [5, 5.41) is 3.33. The van der Waals surface area contributed by atoms with Gasteiger partial charge in [0.05, 0.1) is 12.2 Å². The molecule has 0 amide bonds. The lowest BCUT2D eigenvalue weighted by Gasteiger charge is -2.35. The van der Waals surface area contributed by atoms with Crippen LogP contribution in [0.2, 0.25) is 0 Å². The van der Waals surface area contributed by atoms with Crippen molar-refractivity contribution in [2.24, 2.45) is 5.92 Å². The Labute approximate surface area is 132 Å². The summed E-state index contributed by atoms with van der Waals surface area (Å²) in [6, 6.07) is 5.94. The van der Waals surface area contributed by atoms with Gasteiger partial charge in [-0.15, -0.1) is 0 Å². The molecule has 0 spiro atoms. The fourth-order valence-electron chi connectivity index (χ4n) is 3.40. The molecular formula is C18H26N2O2. The standard InChI is InChI=1S/C18H26N2O2/c1-3-15-12-20(4-2)16-10-13(7-8-17(16)22-15)18(21)14-6-5-9-19-11-14/h7-8,10,14-15,19H,3-6,9,11-12H2,1-2H3. The zero-order valence-electron chi connectivity index (χ0n) is 13.6. The quantitative estimate of drug-likeness (QED) is 0.868. The van der Waals surface area contributed by atoms with E-state index in [0.29, 0.717) is 0 Å². The van der Waals surface area contributed by atoms with E-state index in [1.54, 1.807) is 0 Å². The Morgan fingerprint density at radius 1 is 1.41 bits per heavy atom. The molecule has 3 rings (SSSR count).